The van der Waals surface area contributed by atoms with Crippen molar-refractivity contribution in [3.05, 3.63) is 52.5 Å². The third-order valence-electron chi connectivity index (χ3n) is 8.13. The van der Waals surface area contributed by atoms with E-state index in [1.165, 1.54) is 11.3 Å². The van der Waals surface area contributed by atoms with Crippen LogP contribution < -0.4 is 14.8 Å². The van der Waals surface area contributed by atoms with Crippen LogP contribution in [0.3, 0.4) is 0 Å². The second kappa shape index (κ2) is 9.12. The van der Waals surface area contributed by atoms with Gasteiger partial charge in [0.2, 0.25) is 0 Å². The lowest BCUT2D eigenvalue weighted by Gasteiger charge is -2.42. The maximum atomic E-state index is 14.1. The number of carbonyl (C=O) groups excluding carboxylic acids is 2. The standard InChI is InChI=1S/C27H34N4O4S/c1-6-30-26(33)31(3)17-19-15-20(34-4)16-21(35-5)24(19)18(2)14-22(31)27(30)9-11-29(12-10-27)25(32)28-23-8-7-13-36-23/h7-8,13-16,18H,6,9-12,17H2,1-5H3/p+1. The van der Waals surface area contributed by atoms with Crippen LogP contribution in [-0.4, -0.2) is 72.8 Å². The average molecular weight is 512 g/mol. The highest BCUT2D eigenvalue weighted by molar-refractivity contribution is 7.14. The molecule has 2 aromatic rings. The van der Waals surface area contributed by atoms with Crippen LogP contribution in [0.25, 0.3) is 0 Å². The van der Waals surface area contributed by atoms with Gasteiger partial charge in [-0.05, 0) is 49.4 Å². The maximum Gasteiger partial charge on any atom is 0.425 e. The molecule has 4 amide bonds. The van der Waals surface area contributed by atoms with Crippen LogP contribution in [0.4, 0.5) is 14.6 Å². The number of fused-ring (bicyclic) bond motifs is 3. The Hall–Kier alpha value is -3.04. The highest BCUT2D eigenvalue weighted by atomic mass is 32.1. The van der Waals surface area contributed by atoms with Gasteiger partial charge in [0, 0.05) is 42.7 Å². The average Bonchev–Trinajstić information content (AvgIpc) is 3.40. The number of allylic oxidation sites excluding steroid dienone is 1. The topological polar surface area (TPSA) is 71.1 Å². The van der Waals surface area contributed by atoms with Crippen LogP contribution in [-0.2, 0) is 6.54 Å². The summed E-state index contributed by atoms with van der Waals surface area (Å²) in [6.45, 7) is 6.59. The van der Waals surface area contributed by atoms with Gasteiger partial charge in [0.05, 0.1) is 26.3 Å². The molecule has 2 fully saturated rings. The van der Waals surface area contributed by atoms with Crippen molar-refractivity contribution in [2.75, 3.05) is 46.2 Å². The van der Waals surface area contributed by atoms with Crippen molar-refractivity contribution >= 4 is 28.4 Å². The lowest BCUT2D eigenvalue weighted by Crippen LogP contribution is -2.55. The van der Waals surface area contributed by atoms with Gasteiger partial charge < -0.3 is 14.4 Å². The first-order valence-electron chi connectivity index (χ1n) is 12.5. The van der Waals surface area contributed by atoms with E-state index in [0.717, 1.165) is 33.3 Å². The van der Waals surface area contributed by atoms with Crippen LogP contribution in [0, 0.1) is 0 Å². The molecule has 0 bridgehead atoms. The summed E-state index contributed by atoms with van der Waals surface area (Å²) in [5, 5.41) is 5.80. The van der Waals surface area contributed by atoms with Gasteiger partial charge in [-0.3, -0.25) is 10.2 Å². The summed E-state index contributed by atoms with van der Waals surface area (Å²) in [7, 11) is 5.37. The molecule has 3 aliphatic rings. The highest BCUT2D eigenvalue weighted by Crippen LogP contribution is 2.52. The van der Waals surface area contributed by atoms with Gasteiger partial charge in [-0.25, -0.2) is 14.1 Å². The Balaban J connectivity index is 1.50. The molecule has 1 N–H and O–H groups in total. The van der Waals surface area contributed by atoms with Gasteiger partial charge in [-0.1, -0.05) is 6.92 Å². The number of anilines is 1. The molecular formula is C27H35N4O4S+. The molecule has 36 heavy (non-hydrogen) atoms. The molecule has 2 unspecified atom stereocenters. The highest BCUT2D eigenvalue weighted by Gasteiger charge is 2.64. The minimum atomic E-state index is -0.409. The van der Waals surface area contributed by atoms with E-state index in [9.17, 15) is 9.59 Å². The maximum absolute atomic E-state index is 14.1. The number of urea groups is 2. The summed E-state index contributed by atoms with van der Waals surface area (Å²) in [6, 6.07) is 7.83. The first-order valence-corrected chi connectivity index (χ1v) is 13.4. The molecule has 5 rings (SSSR count). The van der Waals surface area contributed by atoms with Crippen molar-refractivity contribution in [3.8, 4) is 11.5 Å². The summed E-state index contributed by atoms with van der Waals surface area (Å²) < 4.78 is 11.5. The lowest BCUT2D eigenvalue weighted by molar-refractivity contribution is -0.800. The summed E-state index contributed by atoms with van der Waals surface area (Å²) in [6.07, 6.45) is 3.72. The van der Waals surface area contributed by atoms with Crippen molar-refractivity contribution in [3.63, 3.8) is 0 Å². The number of rotatable bonds is 4. The first-order chi connectivity index (χ1) is 17.3. The Bertz CT molecular complexity index is 1200. The normalized spacial score (nSPS) is 24.6. The first kappa shape index (κ1) is 24.6. The van der Waals surface area contributed by atoms with Crippen molar-refractivity contribution < 1.29 is 23.5 Å². The van der Waals surface area contributed by atoms with Gasteiger partial charge in [0.25, 0.3) is 0 Å². The molecule has 1 aromatic carbocycles. The number of benzene rings is 1. The molecule has 4 heterocycles. The zero-order valence-electron chi connectivity index (χ0n) is 21.7. The molecule has 1 aromatic heterocycles. The summed E-state index contributed by atoms with van der Waals surface area (Å²) in [5.74, 6) is 1.58. The molecule has 8 nitrogen and oxygen atoms in total. The molecule has 9 heteroatoms. The molecule has 0 radical (unpaired) electrons. The molecule has 0 saturated carbocycles. The number of likely N-dealkylation sites (N-methyl/N-ethyl adjacent to an activating group) is 2. The van der Waals surface area contributed by atoms with E-state index < -0.39 is 5.54 Å². The van der Waals surface area contributed by atoms with E-state index >= 15 is 0 Å². The predicted octanol–water partition coefficient (Wildman–Crippen LogP) is 5.24. The Morgan fingerprint density at radius 2 is 2.00 bits per heavy atom. The third-order valence-corrected chi connectivity index (χ3v) is 8.92. The van der Waals surface area contributed by atoms with Gasteiger partial charge in [-0.2, -0.15) is 0 Å². The molecule has 192 valence electrons. The van der Waals surface area contributed by atoms with Crippen LogP contribution in [0.2, 0.25) is 0 Å². The van der Waals surface area contributed by atoms with Crippen LogP contribution in [0.1, 0.15) is 43.7 Å². The molecule has 3 aliphatic heterocycles. The number of hydrogen-bond acceptors (Lipinski definition) is 5. The number of amides is 4. The number of thiophene rings is 1. The van der Waals surface area contributed by atoms with Crippen LogP contribution >= 0.6 is 11.3 Å². The number of piperidine rings is 1. The number of nitrogens with zero attached hydrogens (tertiary/aromatic N) is 3. The van der Waals surface area contributed by atoms with E-state index in [1.54, 1.807) is 14.2 Å². The molecule has 2 saturated heterocycles. The fourth-order valence-corrected chi connectivity index (χ4v) is 7.06. The van der Waals surface area contributed by atoms with Crippen molar-refractivity contribution in [1.29, 1.82) is 0 Å². The number of quaternary nitrogens is 1. The van der Waals surface area contributed by atoms with Gasteiger partial charge in [-0.15, -0.1) is 11.3 Å². The van der Waals surface area contributed by atoms with Crippen LogP contribution in [0.15, 0.2) is 41.4 Å². The number of carbonyl (C=O) groups is 2. The monoisotopic (exact) mass is 511 g/mol. The van der Waals surface area contributed by atoms with E-state index in [4.69, 9.17) is 9.47 Å². The Labute approximate surface area is 216 Å². The summed E-state index contributed by atoms with van der Waals surface area (Å²) in [4.78, 5) is 30.9. The van der Waals surface area contributed by atoms with E-state index in [1.807, 2.05) is 41.6 Å². The minimum absolute atomic E-state index is 0.0671. The number of hydrogen-bond donors (Lipinski definition) is 1. The number of methoxy groups -OCH3 is 2. The smallest absolute Gasteiger partial charge is 0.425 e. The van der Waals surface area contributed by atoms with Gasteiger partial charge >= 0.3 is 12.1 Å². The third kappa shape index (κ3) is 3.67. The fraction of sp³-hybridized carbons (Fsp3) is 0.481. The molecule has 0 aliphatic carbocycles. The number of ether oxygens (including phenoxy) is 2. The molecule has 1 spiro atoms. The van der Waals surface area contributed by atoms with Gasteiger partial charge in [0.1, 0.15) is 29.3 Å². The van der Waals surface area contributed by atoms with Crippen LogP contribution in [0.5, 0.6) is 11.5 Å². The van der Waals surface area contributed by atoms with Crippen molar-refractivity contribution in [2.24, 2.45) is 0 Å². The van der Waals surface area contributed by atoms with Gasteiger partial charge in [0.15, 0.2) is 0 Å². The fourth-order valence-electron chi connectivity index (χ4n) is 6.45. The SMILES string of the molecule is CCN1C(=O)[N+]2(C)Cc3cc(OC)cc(OC)c3C(C)C=C2C12CCN(C(=O)Nc1cccs1)CC2. The Kier molecular flexibility index (Phi) is 6.24. The lowest BCUT2D eigenvalue weighted by atomic mass is 9.81. The zero-order chi connectivity index (χ0) is 25.7. The van der Waals surface area contributed by atoms with E-state index in [0.29, 0.717) is 39.0 Å². The summed E-state index contributed by atoms with van der Waals surface area (Å²) >= 11 is 1.51. The Morgan fingerprint density at radius 3 is 2.61 bits per heavy atom. The van der Waals surface area contributed by atoms with Crippen molar-refractivity contribution in [2.45, 2.75) is 44.7 Å². The van der Waals surface area contributed by atoms with Crippen molar-refractivity contribution in [1.82, 2.24) is 9.80 Å². The summed E-state index contributed by atoms with van der Waals surface area (Å²) in [5.41, 5.74) is 2.91. The molecular weight excluding hydrogens is 476 g/mol. The quantitative estimate of drug-likeness (QED) is 0.571. The predicted molar refractivity (Wildman–Crippen MR) is 141 cm³/mol. The largest absolute Gasteiger partial charge is 0.497 e. The molecule has 2 atom stereocenters. The minimum Gasteiger partial charge on any atom is -0.497 e. The number of likely N-dealkylation sites (tertiary alicyclic amines) is 1. The Morgan fingerprint density at radius 1 is 1.25 bits per heavy atom. The second-order valence-electron chi connectivity index (χ2n) is 10.0. The second-order valence-corrected chi connectivity index (χ2v) is 11.0. The zero-order valence-corrected chi connectivity index (χ0v) is 22.5. The van der Waals surface area contributed by atoms with E-state index in [-0.39, 0.29) is 22.5 Å². The van der Waals surface area contributed by atoms with E-state index in [2.05, 4.69) is 30.1 Å². The number of nitrogens with one attached hydrogen (secondary N) is 1.